The molecule has 4 rings (SSSR count). The SMILES string of the molecule is O=C(Nc1cccc(NC(=S)NC(=O)c2cccc3ccccc23)c1)c1ccco1. The predicted octanol–water partition coefficient (Wildman–Crippen LogP) is 4.81. The van der Waals surface area contributed by atoms with E-state index in [1.165, 1.54) is 6.26 Å². The maximum atomic E-state index is 12.7. The largest absolute Gasteiger partial charge is 0.459 e. The van der Waals surface area contributed by atoms with Gasteiger partial charge in [-0.15, -0.1) is 0 Å². The lowest BCUT2D eigenvalue weighted by Crippen LogP contribution is -2.34. The molecular formula is C23H17N3O3S. The molecule has 148 valence electrons. The number of furan rings is 1. The number of carbonyl (C=O) groups excluding carboxylic acids is 2. The summed E-state index contributed by atoms with van der Waals surface area (Å²) in [5.41, 5.74) is 1.72. The van der Waals surface area contributed by atoms with Crippen molar-refractivity contribution < 1.29 is 14.0 Å². The van der Waals surface area contributed by atoms with E-state index in [4.69, 9.17) is 16.6 Å². The Morgan fingerprint density at radius 1 is 0.767 bits per heavy atom. The smallest absolute Gasteiger partial charge is 0.291 e. The first kappa shape index (κ1) is 19.4. The van der Waals surface area contributed by atoms with Crippen LogP contribution in [-0.4, -0.2) is 16.9 Å². The first-order valence-corrected chi connectivity index (χ1v) is 9.56. The summed E-state index contributed by atoms with van der Waals surface area (Å²) in [4.78, 5) is 24.8. The van der Waals surface area contributed by atoms with Crippen LogP contribution in [0.1, 0.15) is 20.9 Å². The van der Waals surface area contributed by atoms with E-state index in [0.29, 0.717) is 16.9 Å². The van der Waals surface area contributed by atoms with E-state index in [-0.39, 0.29) is 22.7 Å². The van der Waals surface area contributed by atoms with Gasteiger partial charge in [0.1, 0.15) is 0 Å². The minimum Gasteiger partial charge on any atom is -0.459 e. The predicted molar refractivity (Wildman–Crippen MR) is 121 cm³/mol. The van der Waals surface area contributed by atoms with Crippen molar-refractivity contribution >= 4 is 51.3 Å². The van der Waals surface area contributed by atoms with Crippen LogP contribution in [0.25, 0.3) is 10.8 Å². The molecule has 7 heteroatoms. The van der Waals surface area contributed by atoms with Crippen LogP contribution in [0.2, 0.25) is 0 Å². The van der Waals surface area contributed by atoms with Crippen LogP contribution in [0.4, 0.5) is 11.4 Å². The van der Waals surface area contributed by atoms with E-state index >= 15 is 0 Å². The van der Waals surface area contributed by atoms with Crippen LogP contribution in [0.3, 0.4) is 0 Å². The van der Waals surface area contributed by atoms with E-state index < -0.39 is 0 Å². The van der Waals surface area contributed by atoms with Crippen molar-refractivity contribution in [2.75, 3.05) is 10.6 Å². The lowest BCUT2D eigenvalue weighted by atomic mass is 10.0. The van der Waals surface area contributed by atoms with Crippen LogP contribution in [0.15, 0.2) is 89.5 Å². The Morgan fingerprint density at radius 3 is 2.30 bits per heavy atom. The number of hydrogen-bond acceptors (Lipinski definition) is 4. The summed E-state index contributed by atoms with van der Waals surface area (Å²) < 4.78 is 5.08. The van der Waals surface area contributed by atoms with Gasteiger partial charge < -0.3 is 15.1 Å². The number of anilines is 2. The molecule has 0 bridgehead atoms. The van der Waals surface area contributed by atoms with Crippen LogP contribution in [0, 0.1) is 0 Å². The van der Waals surface area contributed by atoms with Crippen molar-refractivity contribution in [3.8, 4) is 0 Å². The number of rotatable bonds is 4. The lowest BCUT2D eigenvalue weighted by Gasteiger charge is -2.12. The van der Waals surface area contributed by atoms with Crippen molar-refractivity contribution in [2.45, 2.75) is 0 Å². The average molecular weight is 415 g/mol. The number of hydrogen-bond donors (Lipinski definition) is 3. The molecule has 0 aliphatic rings. The molecule has 1 aromatic heterocycles. The van der Waals surface area contributed by atoms with Gasteiger partial charge in [0.05, 0.1) is 6.26 Å². The highest BCUT2D eigenvalue weighted by Gasteiger charge is 2.12. The van der Waals surface area contributed by atoms with Gasteiger partial charge in [-0.2, -0.15) is 0 Å². The molecule has 6 nitrogen and oxygen atoms in total. The Hall–Kier alpha value is -3.97. The molecule has 0 saturated heterocycles. The summed E-state index contributed by atoms with van der Waals surface area (Å²) in [6, 6.07) is 23.4. The highest BCUT2D eigenvalue weighted by molar-refractivity contribution is 7.80. The Bertz CT molecular complexity index is 1230. The van der Waals surface area contributed by atoms with E-state index in [1.807, 2.05) is 36.4 Å². The summed E-state index contributed by atoms with van der Waals surface area (Å²) in [5.74, 6) is -0.443. The molecule has 0 spiro atoms. The van der Waals surface area contributed by atoms with Gasteiger partial charge in [-0.25, -0.2) is 0 Å². The van der Waals surface area contributed by atoms with Crippen molar-refractivity contribution in [1.29, 1.82) is 0 Å². The summed E-state index contributed by atoms with van der Waals surface area (Å²) in [6.07, 6.45) is 1.43. The Labute approximate surface area is 177 Å². The second kappa shape index (κ2) is 8.59. The minimum absolute atomic E-state index is 0.155. The number of benzene rings is 3. The van der Waals surface area contributed by atoms with Gasteiger partial charge in [-0.3, -0.25) is 14.9 Å². The molecule has 0 aliphatic carbocycles. The summed E-state index contributed by atoms with van der Waals surface area (Å²) in [7, 11) is 0. The summed E-state index contributed by atoms with van der Waals surface area (Å²) in [6.45, 7) is 0. The zero-order valence-corrected chi connectivity index (χ0v) is 16.5. The number of fused-ring (bicyclic) bond motifs is 1. The first-order valence-electron chi connectivity index (χ1n) is 9.15. The molecule has 4 aromatic rings. The fourth-order valence-electron chi connectivity index (χ4n) is 3.03. The third kappa shape index (κ3) is 4.37. The standard InChI is InChI=1S/C23H17N3O3S/c27-21(19-11-3-7-15-6-1-2-10-18(15)19)26-23(30)25-17-9-4-8-16(14-17)24-22(28)20-12-5-13-29-20/h1-14H,(H,24,28)(H2,25,26,27,30). The number of nitrogens with one attached hydrogen (secondary N) is 3. The van der Waals surface area contributed by atoms with Gasteiger partial charge in [0.15, 0.2) is 10.9 Å². The van der Waals surface area contributed by atoms with Gasteiger partial charge in [-0.05, 0) is 59.4 Å². The van der Waals surface area contributed by atoms with Crippen molar-refractivity contribution in [2.24, 2.45) is 0 Å². The van der Waals surface area contributed by atoms with Gasteiger partial charge in [0.25, 0.3) is 11.8 Å². The van der Waals surface area contributed by atoms with Crippen molar-refractivity contribution in [3.05, 3.63) is 96.4 Å². The Kier molecular flexibility index (Phi) is 5.54. The van der Waals surface area contributed by atoms with Gasteiger partial charge in [0.2, 0.25) is 0 Å². The van der Waals surface area contributed by atoms with E-state index in [9.17, 15) is 9.59 Å². The fraction of sp³-hybridized carbons (Fsp3) is 0. The number of thiocarbonyl (C=S) groups is 1. The quantitative estimate of drug-likeness (QED) is 0.417. The normalized spacial score (nSPS) is 10.4. The summed E-state index contributed by atoms with van der Waals surface area (Å²) in [5, 5.41) is 10.4. The van der Waals surface area contributed by atoms with Crippen LogP contribution in [-0.2, 0) is 0 Å². The van der Waals surface area contributed by atoms with E-state index in [1.54, 1.807) is 42.5 Å². The van der Waals surface area contributed by atoms with Crippen LogP contribution in [0.5, 0.6) is 0 Å². The first-order chi connectivity index (χ1) is 14.6. The third-order valence-corrected chi connectivity index (χ3v) is 4.59. The number of carbonyl (C=O) groups is 2. The minimum atomic E-state index is -0.357. The molecule has 0 atom stereocenters. The zero-order chi connectivity index (χ0) is 20.9. The molecule has 0 fully saturated rings. The monoisotopic (exact) mass is 415 g/mol. The zero-order valence-electron chi connectivity index (χ0n) is 15.7. The van der Waals surface area contributed by atoms with Crippen molar-refractivity contribution in [3.63, 3.8) is 0 Å². The second-order valence-electron chi connectivity index (χ2n) is 6.45. The molecule has 30 heavy (non-hydrogen) atoms. The highest BCUT2D eigenvalue weighted by atomic mass is 32.1. The van der Waals surface area contributed by atoms with Crippen molar-refractivity contribution in [1.82, 2.24) is 5.32 Å². The molecule has 0 unspecified atom stereocenters. The van der Waals surface area contributed by atoms with Crippen LogP contribution >= 0.6 is 12.2 Å². The van der Waals surface area contributed by atoms with Gasteiger partial charge in [0, 0.05) is 16.9 Å². The maximum absolute atomic E-state index is 12.7. The Balaban J connectivity index is 1.42. The topological polar surface area (TPSA) is 83.4 Å². The molecule has 2 amide bonds. The molecule has 3 N–H and O–H groups in total. The molecule has 3 aromatic carbocycles. The summed E-state index contributed by atoms with van der Waals surface area (Å²) >= 11 is 5.29. The highest BCUT2D eigenvalue weighted by Crippen LogP contribution is 2.19. The molecule has 1 heterocycles. The Morgan fingerprint density at radius 2 is 1.50 bits per heavy atom. The van der Waals surface area contributed by atoms with Crippen LogP contribution < -0.4 is 16.0 Å². The third-order valence-electron chi connectivity index (χ3n) is 4.38. The van der Waals surface area contributed by atoms with Gasteiger partial charge in [-0.1, -0.05) is 42.5 Å². The molecule has 0 aliphatic heterocycles. The molecule has 0 radical (unpaired) electrons. The lowest BCUT2D eigenvalue weighted by molar-refractivity contribution is 0.0976. The van der Waals surface area contributed by atoms with E-state index in [2.05, 4.69) is 16.0 Å². The average Bonchev–Trinajstić information content (AvgIpc) is 3.28. The molecule has 0 saturated carbocycles. The fourth-order valence-corrected chi connectivity index (χ4v) is 3.24. The van der Waals surface area contributed by atoms with E-state index in [0.717, 1.165) is 10.8 Å². The second-order valence-corrected chi connectivity index (χ2v) is 6.86. The maximum Gasteiger partial charge on any atom is 0.291 e. The van der Waals surface area contributed by atoms with Gasteiger partial charge >= 0.3 is 0 Å². The number of amides is 2. The molecular weight excluding hydrogens is 398 g/mol.